The molecule has 0 bridgehead atoms. The van der Waals surface area contributed by atoms with Crippen molar-refractivity contribution in [3.05, 3.63) is 39.7 Å². The maximum Gasteiger partial charge on any atom is 0.339 e. The van der Waals surface area contributed by atoms with Crippen molar-refractivity contribution in [3.63, 3.8) is 0 Å². The van der Waals surface area contributed by atoms with E-state index in [0.717, 1.165) is 4.68 Å². The Hall–Kier alpha value is -2.97. The van der Waals surface area contributed by atoms with Gasteiger partial charge < -0.3 is 9.84 Å². The molecule has 20 heavy (non-hydrogen) atoms. The van der Waals surface area contributed by atoms with Crippen LogP contribution in [0, 0.1) is 17.0 Å². The average Bonchev–Trinajstić information content (AvgIpc) is 2.80. The van der Waals surface area contributed by atoms with Gasteiger partial charge in [0.2, 0.25) is 11.7 Å². The average molecular weight is 278 g/mol. The Morgan fingerprint density at radius 3 is 2.70 bits per heavy atom. The first-order valence-electron chi connectivity index (χ1n) is 5.43. The molecule has 1 N–H and O–H groups in total. The van der Waals surface area contributed by atoms with Gasteiger partial charge in [-0.3, -0.25) is 10.1 Å². The van der Waals surface area contributed by atoms with Gasteiger partial charge in [0.05, 0.1) is 17.7 Å². The molecule has 0 spiro atoms. The highest BCUT2D eigenvalue weighted by molar-refractivity contribution is 5.88. The maximum absolute atomic E-state index is 11.0. The Bertz CT molecular complexity index is 694. The summed E-state index contributed by atoms with van der Waals surface area (Å²) in [7, 11) is 1.37. The highest BCUT2D eigenvalue weighted by Crippen LogP contribution is 2.24. The Morgan fingerprint density at radius 2 is 2.20 bits per heavy atom. The molecule has 0 amide bonds. The van der Waals surface area contributed by atoms with Crippen LogP contribution in [0.25, 0.3) is 5.82 Å². The molecular weight excluding hydrogens is 268 g/mol. The van der Waals surface area contributed by atoms with E-state index in [4.69, 9.17) is 9.84 Å². The molecule has 0 unspecified atom stereocenters. The van der Waals surface area contributed by atoms with Gasteiger partial charge in [0.15, 0.2) is 0 Å². The van der Waals surface area contributed by atoms with Gasteiger partial charge in [-0.2, -0.15) is 10.1 Å². The number of aryl methyl sites for hydroxylation is 1. The van der Waals surface area contributed by atoms with E-state index in [1.54, 1.807) is 0 Å². The van der Waals surface area contributed by atoms with E-state index >= 15 is 0 Å². The number of aromatic carboxylic acids is 1. The molecule has 0 saturated carbocycles. The van der Waals surface area contributed by atoms with E-state index in [9.17, 15) is 14.9 Å². The number of pyridine rings is 1. The van der Waals surface area contributed by atoms with Gasteiger partial charge in [0, 0.05) is 18.3 Å². The van der Waals surface area contributed by atoms with E-state index in [-0.39, 0.29) is 28.6 Å². The Morgan fingerprint density at radius 1 is 1.50 bits per heavy atom. The summed E-state index contributed by atoms with van der Waals surface area (Å²) < 4.78 is 5.96. The molecule has 0 radical (unpaired) electrons. The fraction of sp³-hybridized carbons (Fsp3) is 0.182. The molecular formula is C11H10N4O5. The van der Waals surface area contributed by atoms with Crippen molar-refractivity contribution in [1.82, 2.24) is 14.8 Å². The van der Waals surface area contributed by atoms with E-state index in [2.05, 4.69) is 10.1 Å². The summed E-state index contributed by atoms with van der Waals surface area (Å²) in [4.78, 5) is 25.3. The number of aromatic nitrogens is 3. The maximum atomic E-state index is 11.0. The summed E-state index contributed by atoms with van der Waals surface area (Å²) in [6, 6.07) is 2.56. The first kappa shape index (κ1) is 13.5. The smallest absolute Gasteiger partial charge is 0.339 e. The molecule has 2 aromatic heterocycles. The number of nitro groups is 1. The third-order valence-corrected chi connectivity index (χ3v) is 2.58. The minimum Gasteiger partial charge on any atom is -0.481 e. The molecule has 104 valence electrons. The summed E-state index contributed by atoms with van der Waals surface area (Å²) in [5.41, 5.74) is -0.120. The van der Waals surface area contributed by atoms with Crippen LogP contribution in [0.15, 0.2) is 18.3 Å². The number of carbonyl (C=O) groups is 1. The summed E-state index contributed by atoms with van der Waals surface area (Å²) in [6.07, 6.45) is 1.17. The molecule has 9 heteroatoms. The Balaban J connectivity index is 2.64. The van der Waals surface area contributed by atoms with Gasteiger partial charge in [-0.25, -0.2) is 9.48 Å². The number of nitrogens with zero attached hydrogens (tertiary/aromatic N) is 4. The molecule has 2 aromatic rings. The van der Waals surface area contributed by atoms with Crippen LogP contribution in [0.3, 0.4) is 0 Å². The lowest BCUT2D eigenvalue weighted by Crippen LogP contribution is -2.05. The number of methoxy groups -OCH3 is 1. The van der Waals surface area contributed by atoms with Crippen molar-refractivity contribution in [2.24, 2.45) is 0 Å². The molecule has 9 nitrogen and oxygen atoms in total. The monoisotopic (exact) mass is 278 g/mol. The molecule has 2 heterocycles. The van der Waals surface area contributed by atoms with Crippen LogP contribution in [0.1, 0.15) is 16.1 Å². The first-order chi connectivity index (χ1) is 9.43. The van der Waals surface area contributed by atoms with E-state index in [0.29, 0.717) is 0 Å². The van der Waals surface area contributed by atoms with Crippen LogP contribution in [-0.2, 0) is 0 Å². The van der Waals surface area contributed by atoms with Crippen LogP contribution >= 0.6 is 0 Å². The van der Waals surface area contributed by atoms with Gasteiger partial charge in [-0.05, 0) is 6.92 Å². The summed E-state index contributed by atoms with van der Waals surface area (Å²) >= 11 is 0. The van der Waals surface area contributed by atoms with Crippen LogP contribution in [0.5, 0.6) is 5.88 Å². The largest absolute Gasteiger partial charge is 0.481 e. The summed E-state index contributed by atoms with van der Waals surface area (Å²) in [5, 5.41) is 23.9. The Labute approximate surface area is 112 Å². The normalized spacial score (nSPS) is 10.3. The lowest BCUT2D eigenvalue weighted by Gasteiger charge is -2.04. The fourth-order valence-corrected chi connectivity index (χ4v) is 1.63. The molecule has 2 rings (SSSR count). The first-order valence-corrected chi connectivity index (χ1v) is 5.43. The van der Waals surface area contributed by atoms with E-state index < -0.39 is 10.9 Å². The number of carboxylic acid groups (broad SMARTS) is 1. The molecule has 0 saturated heterocycles. The van der Waals surface area contributed by atoms with Crippen molar-refractivity contribution < 1.29 is 19.6 Å². The minimum absolute atomic E-state index is 0.0519. The van der Waals surface area contributed by atoms with Crippen molar-refractivity contribution >= 4 is 11.7 Å². The number of rotatable bonds is 4. The highest BCUT2D eigenvalue weighted by Gasteiger charge is 2.21. The van der Waals surface area contributed by atoms with Crippen molar-refractivity contribution in [2.75, 3.05) is 7.11 Å². The second-order valence-electron chi connectivity index (χ2n) is 3.83. The number of ether oxygens (including phenoxy) is 1. The van der Waals surface area contributed by atoms with Gasteiger partial charge in [-0.1, -0.05) is 0 Å². The number of carboxylic acids is 1. The van der Waals surface area contributed by atoms with Crippen LogP contribution < -0.4 is 4.74 Å². The fourth-order valence-electron chi connectivity index (χ4n) is 1.63. The molecule has 0 atom stereocenters. The molecule has 0 aliphatic carbocycles. The van der Waals surface area contributed by atoms with Gasteiger partial charge in [0.1, 0.15) is 5.56 Å². The van der Waals surface area contributed by atoms with Crippen LogP contribution in [-0.4, -0.2) is 37.9 Å². The van der Waals surface area contributed by atoms with Crippen LogP contribution in [0.2, 0.25) is 0 Å². The minimum atomic E-state index is -1.17. The summed E-state index contributed by atoms with van der Waals surface area (Å²) in [5.74, 6) is -1.11. The lowest BCUT2D eigenvalue weighted by molar-refractivity contribution is -0.385. The van der Waals surface area contributed by atoms with E-state index in [1.165, 1.54) is 32.4 Å². The van der Waals surface area contributed by atoms with Gasteiger partial charge in [0.25, 0.3) is 0 Å². The second-order valence-corrected chi connectivity index (χ2v) is 3.83. The zero-order valence-corrected chi connectivity index (χ0v) is 10.6. The quantitative estimate of drug-likeness (QED) is 0.658. The second kappa shape index (κ2) is 4.96. The molecule has 0 fully saturated rings. The number of hydrogen-bond donors (Lipinski definition) is 1. The van der Waals surface area contributed by atoms with Crippen LogP contribution in [0.4, 0.5) is 5.69 Å². The highest BCUT2D eigenvalue weighted by atomic mass is 16.6. The molecule has 0 aliphatic rings. The predicted molar refractivity (Wildman–Crippen MR) is 66.3 cm³/mol. The third kappa shape index (κ3) is 2.28. The lowest BCUT2D eigenvalue weighted by atomic mass is 10.3. The SMILES string of the molecule is COc1ccc([N+](=O)[O-])c(-n2cc(C(=O)O)c(C)n2)n1. The van der Waals surface area contributed by atoms with Gasteiger partial charge in [-0.15, -0.1) is 0 Å². The van der Waals surface area contributed by atoms with Gasteiger partial charge >= 0.3 is 11.7 Å². The van der Waals surface area contributed by atoms with E-state index in [1.807, 2.05) is 0 Å². The zero-order chi connectivity index (χ0) is 14.9. The Kier molecular flexibility index (Phi) is 3.34. The molecule has 0 aliphatic heterocycles. The standard InChI is InChI=1S/C11H10N4O5/c1-6-7(11(16)17)5-14(13-6)10-8(15(18)19)3-4-9(12-10)20-2/h3-5H,1-2H3,(H,16,17). The van der Waals surface area contributed by atoms with Crippen molar-refractivity contribution in [3.8, 4) is 11.7 Å². The van der Waals surface area contributed by atoms with Crippen molar-refractivity contribution in [2.45, 2.75) is 6.92 Å². The zero-order valence-electron chi connectivity index (χ0n) is 10.6. The third-order valence-electron chi connectivity index (χ3n) is 2.58. The van der Waals surface area contributed by atoms with Crippen molar-refractivity contribution in [1.29, 1.82) is 0 Å². The topological polar surface area (TPSA) is 120 Å². The number of hydrogen-bond acceptors (Lipinski definition) is 6. The summed E-state index contributed by atoms with van der Waals surface area (Å²) in [6.45, 7) is 1.49. The molecule has 0 aromatic carbocycles. The predicted octanol–water partition coefficient (Wildman–Crippen LogP) is 1.19.